The molecule has 29 heavy (non-hydrogen) atoms. The predicted molar refractivity (Wildman–Crippen MR) is 111 cm³/mol. The van der Waals surface area contributed by atoms with Gasteiger partial charge < -0.3 is 15.1 Å². The molecular formula is C21H19ClN4O3. The maximum atomic E-state index is 12.5. The van der Waals surface area contributed by atoms with Gasteiger partial charge in [-0.25, -0.2) is 10.9 Å². The first kappa shape index (κ1) is 19.2. The van der Waals surface area contributed by atoms with Crippen molar-refractivity contribution in [3.05, 3.63) is 83.3 Å². The molecule has 4 rings (SSSR count). The van der Waals surface area contributed by atoms with Crippen LogP contribution in [0.15, 0.2) is 71.3 Å². The highest BCUT2D eigenvalue weighted by Crippen LogP contribution is 2.24. The van der Waals surface area contributed by atoms with Gasteiger partial charge in [0.15, 0.2) is 5.76 Å². The monoisotopic (exact) mass is 410 g/mol. The fourth-order valence-corrected chi connectivity index (χ4v) is 3.23. The van der Waals surface area contributed by atoms with Gasteiger partial charge in [-0.2, -0.15) is 0 Å². The molecule has 1 aliphatic heterocycles. The molecule has 0 saturated carbocycles. The molecule has 0 bridgehead atoms. The Morgan fingerprint density at radius 2 is 1.62 bits per heavy atom. The highest BCUT2D eigenvalue weighted by atomic mass is 35.5. The van der Waals surface area contributed by atoms with Crippen LogP contribution in [0.1, 0.15) is 28.6 Å². The van der Waals surface area contributed by atoms with Crippen molar-refractivity contribution in [1.29, 1.82) is 0 Å². The number of nitrogens with one attached hydrogen (secondary N) is 4. The second-order valence-corrected chi connectivity index (χ2v) is 7.12. The van der Waals surface area contributed by atoms with Gasteiger partial charge in [0.05, 0.1) is 6.26 Å². The lowest BCUT2D eigenvalue weighted by atomic mass is 10.0. The summed E-state index contributed by atoms with van der Waals surface area (Å²) in [6, 6.07) is 17.3. The van der Waals surface area contributed by atoms with E-state index in [9.17, 15) is 9.59 Å². The van der Waals surface area contributed by atoms with Crippen molar-refractivity contribution in [2.24, 2.45) is 0 Å². The van der Waals surface area contributed by atoms with Gasteiger partial charge in [-0.1, -0.05) is 23.7 Å². The van der Waals surface area contributed by atoms with E-state index in [1.807, 2.05) is 24.3 Å². The number of hydrogen-bond acceptors (Lipinski definition) is 5. The van der Waals surface area contributed by atoms with Gasteiger partial charge in [0.25, 0.3) is 5.91 Å². The van der Waals surface area contributed by atoms with Crippen molar-refractivity contribution in [3.63, 3.8) is 0 Å². The highest BCUT2D eigenvalue weighted by molar-refractivity contribution is 6.30. The fraction of sp³-hybridized carbons (Fsp3) is 0.143. The van der Waals surface area contributed by atoms with Crippen LogP contribution in [0.25, 0.3) is 0 Å². The Hall–Kier alpha value is -3.13. The Morgan fingerprint density at radius 1 is 0.931 bits per heavy atom. The lowest BCUT2D eigenvalue weighted by Gasteiger charge is -2.11. The van der Waals surface area contributed by atoms with Crippen molar-refractivity contribution >= 4 is 34.8 Å². The molecule has 2 amide bonds. The molecule has 0 radical (unpaired) electrons. The third-order valence-corrected chi connectivity index (χ3v) is 4.90. The number of hydrazine groups is 1. The molecule has 2 unspecified atom stereocenters. The van der Waals surface area contributed by atoms with E-state index in [0.717, 1.165) is 5.56 Å². The summed E-state index contributed by atoms with van der Waals surface area (Å²) >= 11 is 5.92. The molecule has 1 aromatic heterocycles. The van der Waals surface area contributed by atoms with E-state index in [2.05, 4.69) is 21.5 Å². The molecule has 3 aromatic rings. The van der Waals surface area contributed by atoms with Crippen LogP contribution in [0.2, 0.25) is 5.02 Å². The molecule has 7 nitrogen and oxygen atoms in total. The minimum atomic E-state index is -0.367. The summed E-state index contributed by atoms with van der Waals surface area (Å²) in [5.41, 5.74) is 8.48. The highest BCUT2D eigenvalue weighted by Gasteiger charge is 2.30. The molecule has 1 saturated heterocycles. The molecule has 4 N–H and O–H groups in total. The smallest absolute Gasteiger partial charge is 0.291 e. The van der Waals surface area contributed by atoms with Gasteiger partial charge in [0.2, 0.25) is 5.91 Å². The first-order valence-electron chi connectivity index (χ1n) is 9.11. The molecule has 148 valence electrons. The Kier molecular flexibility index (Phi) is 5.62. The molecule has 2 aromatic carbocycles. The van der Waals surface area contributed by atoms with Crippen LogP contribution in [-0.2, 0) is 4.79 Å². The summed E-state index contributed by atoms with van der Waals surface area (Å²) in [5.74, 6) is -0.236. The normalized spacial score (nSPS) is 18.4. The molecule has 2 heterocycles. The van der Waals surface area contributed by atoms with Crippen molar-refractivity contribution in [3.8, 4) is 0 Å². The Balaban J connectivity index is 1.31. The average Bonchev–Trinajstić information content (AvgIpc) is 3.42. The molecule has 1 fully saturated rings. The van der Waals surface area contributed by atoms with Gasteiger partial charge in [-0.05, 0) is 60.5 Å². The van der Waals surface area contributed by atoms with Gasteiger partial charge in [-0.3, -0.25) is 9.59 Å². The van der Waals surface area contributed by atoms with Crippen LogP contribution in [0.4, 0.5) is 11.4 Å². The Morgan fingerprint density at radius 3 is 2.28 bits per heavy atom. The Bertz CT molecular complexity index is 988. The van der Waals surface area contributed by atoms with Gasteiger partial charge in [0, 0.05) is 22.4 Å². The summed E-state index contributed by atoms with van der Waals surface area (Å²) in [4.78, 5) is 24.5. The number of furan rings is 1. The predicted octanol–water partition coefficient (Wildman–Crippen LogP) is 3.73. The number of amides is 2. The maximum Gasteiger partial charge on any atom is 0.291 e. The zero-order valence-corrected chi connectivity index (χ0v) is 16.1. The SMILES string of the molecule is O=C(Nc1ccc(NC(=O)C2CC(c3ccc(Cl)cc3)NN2)cc1)c1ccco1. The molecular weight excluding hydrogens is 392 g/mol. The van der Waals surface area contributed by atoms with Crippen molar-refractivity contribution in [2.45, 2.75) is 18.5 Å². The maximum absolute atomic E-state index is 12.5. The number of anilines is 2. The van der Waals surface area contributed by atoms with Crippen LogP contribution >= 0.6 is 11.6 Å². The van der Waals surface area contributed by atoms with Crippen molar-refractivity contribution in [1.82, 2.24) is 10.9 Å². The summed E-state index contributed by atoms with van der Waals surface area (Å²) in [6.45, 7) is 0. The average molecular weight is 411 g/mol. The number of carbonyl (C=O) groups is 2. The third-order valence-electron chi connectivity index (χ3n) is 4.65. The number of halogens is 1. The summed E-state index contributed by atoms with van der Waals surface area (Å²) < 4.78 is 5.06. The van der Waals surface area contributed by atoms with Gasteiger partial charge in [-0.15, -0.1) is 0 Å². The minimum Gasteiger partial charge on any atom is -0.459 e. The van der Waals surface area contributed by atoms with Crippen molar-refractivity contribution in [2.75, 3.05) is 10.6 Å². The van der Waals surface area contributed by atoms with Gasteiger partial charge in [0.1, 0.15) is 6.04 Å². The van der Waals surface area contributed by atoms with E-state index >= 15 is 0 Å². The molecule has 0 spiro atoms. The zero-order chi connectivity index (χ0) is 20.2. The molecule has 8 heteroatoms. The lowest BCUT2D eigenvalue weighted by molar-refractivity contribution is -0.117. The fourth-order valence-electron chi connectivity index (χ4n) is 3.11. The zero-order valence-electron chi connectivity index (χ0n) is 15.3. The van der Waals surface area contributed by atoms with E-state index in [4.69, 9.17) is 16.0 Å². The van der Waals surface area contributed by atoms with Crippen LogP contribution in [-0.4, -0.2) is 17.9 Å². The van der Waals surface area contributed by atoms with Crippen LogP contribution in [0.5, 0.6) is 0 Å². The Labute approximate surface area is 172 Å². The quantitative estimate of drug-likeness (QED) is 0.514. The molecule has 0 aliphatic carbocycles. The first-order chi connectivity index (χ1) is 14.1. The van der Waals surface area contributed by atoms with E-state index < -0.39 is 0 Å². The largest absolute Gasteiger partial charge is 0.459 e. The summed E-state index contributed by atoms with van der Waals surface area (Å²) in [6.07, 6.45) is 2.06. The van der Waals surface area contributed by atoms with E-state index in [1.165, 1.54) is 6.26 Å². The minimum absolute atomic E-state index is 0.0298. The lowest BCUT2D eigenvalue weighted by Crippen LogP contribution is -2.39. The molecule has 2 atom stereocenters. The van der Waals surface area contributed by atoms with E-state index in [0.29, 0.717) is 22.8 Å². The second kappa shape index (κ2) is 8.48. The van der Waals surface area contributed by atoms with Crippen LogP contribution in [0, 0.1) is 0 Å². The van der Waals surface area contributed by atoms with Crippen molar-refractivity contribution < 1.29 is 14.0 Å². The number of carbonyl (C=O) groups excluding carboxylic acids is 2. The number of hydrogen-bond donors (Lipinski definition) is 4. The topological polar surface area (TPSA) is 95.4 Å². The standard InChI is InChI=1S/C21H19ClN4O3/c22-14-5-3-13(4-6-14)17-12-18(26-25-17)20(27)23-15-7-9-16(10-8-15)24-21(28)19-2-1-11-29-19/h1-11,17-18,25-26H,12H2,(H,23,27)(H,24,28). The number of rotatable bonds is 5. The number of benzene rings is 2. The van der Waals surface area contributed by atoms with E-state index in [-0.39, 0.29) is 29.7 Å². The summed E-state index contributed by atoms with van der Waals surface area (Å²) in [5, 5.41) is 6.29. The van der Waals surface area contributed by atoms with E-state index in [1.54, 1.807) is 36.4 Å². The van der Waals surface area contributed by atoms with Gasteiger partial charge >= 0.3 is 0 Å². The summed E-state index contributed by atoms with van der Waals surface area (Å²) in [7, 11) is 0. The first-order valence-corrected chi connectivity index (χ1v) is 9.48. The third kappa shape index (κ3) is 4.65. The van der Waals surface area contributed by atoms with Crippen LogP contribution < -0.4 is 21.5 Å². The van der Waals surface area contributed by atoms with Crippen LogP contribution in [0.3, 0.4) is 0 Å². The molecule has 1 aliphatic rings. The second-order valence-electron chi connectivity index (χ2n) is 6.68.